The van der Waals surface area contributed by atoms with Gasteiger partial charge in [-0.1, -0.05) is 53.3 Å². The second-order valence-corrected chi connectivity index (χ2v) is 7.95. The molecule has 1 N–H and O–H groups in total. The summed E-state index contributed by atoms with van der Waals surface area (Å²) in [6.45, 7) is 2.42. The number of aryl methyl sites for hydroxylation is 1. The van der Waals surface area contributed by atoms with Crippen LogP contribution in [-0.2, 0) is 19.3 Å². The zero-order valence-electron chi connectivity index (χ0n) is 16.7. The van der Waals surface area contributed by atoms with Gasteiger partial charge in [-0.05, 0) is 29.8 Å². The average molecular weight is 459 g/mol. The molecule has 8 nitrogen and oxygen atoms in total. The molecule has 4 rings (SSSR count). The maximum atomic E-state index is 12.9. The third-order valence-electron chi connectivity index (χ3n) is 4.41. The number of carbonyl (C=O) groups excluding carboxylic acids is 1. The van der Waals surface area contributed by atoms with E-state index < -0.39 is 11.7 Å². The molecule has 0 aliphatic rings. The molecule has 0 aliphatic heterocycles. The number of tetrazole rings is 1. The second kappa shape index (κ2) is 8.83. The van der Waals surface area contributed by atoms with Gasteiger partial charge < -0.3 is 5.32 Å². The number of carbonyl (C=O) groups is 1. The number of alkyl halides is 3. The van der Waals surface area contributed by atoms with Crippen molar-refractivity contribution in [2.75, 3.05) is 0 Å². The molecule has 12 heteroatoms. The third kappa shape index (κ3) is 5.14. The first-order valence-electron chi connectivity index (χ1n) is 9.39. The summed E-state index contributed by atoms with van der Waals surface area (Å²) in [4.78, 5) is 13.5. The van der Waals surface area contributed by atoms with Crippen molar-refractivity contribution in [2.45, 2.75) is 26.2 Å². The number of hydrogen-bond donors (Lipinski definition) is 1. The summed E-state index contributed by atoms with van der Waals surface area (Å²) in [6.07, 6.45) is -4.46. The topological polar surface area (TPSA) is 98.5 Å². The lowest BCUT2D eigenvalue weighted by Gasteiger charge is -2.06. The highest BCUT2D eigenvalue weighted by Crippen LogP contribution is 2.31. The molecular formula is C20H16F3N7OS. The van der Waals surface area contributed by atoms with Crippen LogP contribution < -0.4 is 5.32 Å². The summed E-state index contributed by atoms with van der Waals surface area (Å²) in [5, 5.41) is 23.0. The SMILES string of the molecule is Cc1ccc(CNC(=O)c2nnc(Cn3nnc(-c4cccc(C(F)(F)F)c4)n3)s2)cc1. The van der Waals surface area contributed by atoms with Crippen LogP contribution in [0.4, 0.5) is 13.2 Å². The normalized spacial score (nSPS) is 11.5. The Morgan fingerprint density at radius 2 is 1.88 bits per heavy atom. The lowest BCUT2D eigenvalue weighted by molar-refractivity contribution is -0.137. The van der Waals surface area contributed by atoms with Gasteiger partial charge in [0.15, 0.2) is 0 Å². The maximum absolute atomic E-state index is 12.9. The monoisotopic (exact) mass is 459 g/mol. The Bertz CT molecular complexity index is 1230. The molecule has 0 saturated heterocycles. The molecule has 2 aromatic heterocycles. The van der Waals surface area contributed by atoms with Crippen LogP contribution in [0.15, 0.2) is 48.5 Å². The number of halogens is 3. The summed E-state index contributed by atoms with van der Waals surface area (Å²) in [5.41, 5.74) is 1.49. The third-order valence-corrected chi connectivity index (χ3v) is 5.32. The van der Waals surface area contributed by atoms with Crippen LogP contribution in [-0.4, -0.2) is 36.3 Å². The summed E-state index contributed by atoms with van der Waals surface area (Å²) in [5.74, 6) is -0.304. The summed E-state index contributed by atoms with van der Waals surface area (Å²) in [7, 11) is 0. The molecule has 2 aromatic carbocycles. The molecule has 0 atom stereocenters. The Morgan fingerprint density at radius 1 is 1.09 bits per heavy atom. The molecule has 0 saturated carbocycles. The number of benzene rings is 2. The van der Waals surface area contributed by atoms with E-state index in [1.165, 1.54) is 16.9 Å². The Morgan fingerprint density at radius 3 is 2.62 bits per heavy atom. The first kappa shape index (κ1) is 21.6. The van der Waals surface area contributed by atoms with Gasteiger partial charge in [0.05, 0.1) is 5.56 Å². The van der Waals surface area contributed by atoms with E-state index in [4.69, 9.17) is 0 Å². The second-order valence-electron chi connectivity index (χ2n) is 6.89. The lowest BCUT2D eigenvalue weighted by atomic mass is 10.1. The van der Waals surface area contributed by atoms with Crippen molar-refractivity contribution >= 4 is 17.2 Å². The molecule has 164 valence electrons. The van der Waals surface area contributed by atoms with Crippen molar-refractivity contribution in [1.82, 2.24) is 35.7 Å². The highest BCUT2D eigenvalue weighted by molar-refractivity contribution is 7.13. The van der Waals surface area contributed by atoms with Crippen LogP contribution in [0.2, 0.25) is 0 Å². The Balaban J connectivity index is 1.39. The molecule has 4 aromatic rings. The van der Waals surface area contributed by atoms with Gasteiger partial charge in [-0.25, -0.2) is 0 Å². The van der Waals surface area contributed by atoms with Crippen LogP contribution in [0.3, 0.4) is 0 Å². The minimum atomic E-state index is -4.46. The predicted octanol–water partition coefficient (Wildman–Crippen LogP) is 3.50. The minimum absolute atomic E-state index is 0.0525. The largest absolute Gasteiger partial charge is 0.416 e. The minimum Gasteiger partial charge on any atom is -0.346 e. The Hall–Kier alpha value is -3.67. The van der Waals surface area contributed by atoms with Gasteiger partial charge in [0.2, 0.25) is 10.8 Å². The molecular weight excluding hydrogens is 443 g/mol. The van der Waals surface area contributed by atoms with Gasteiger partial charge in [-0.2, -0.15) is 18.0 Å². The number of hydrogen-bond acceptors (Lipinski definition) is 7. The van der Waals surface area contributed by atoms with E-state index in [0.29, 0.717) is 11.6 Å². The van der Waals surface area contributed by atoms with Crippen molar-refractivity contribution < 1.29 is 18.0 Å². The molecule has 0 bridgehead atoms. The van der Waals surface area contributed by atoms with Crippen LogP contribution in [0.1, 0.15) is 31.5 Å². The quantitative estimate of drug-likeness (QED) is 0.474. The van der Waals surface area contributed by atoms with Crippen molar-refractivity contribution in [2.24, 2.45) is 0 Å². The first-order valence-corrected chi connectivity index (χ1v) is 10.2. The highest BCUT2D eigenvalue weighted by atomic mass is 32.1. The molecule has 1 amide bonds. The zero-order valence-corrected chi connectivity index (χ0v) is 17.5. The van der Waals surface area contributed by atoms with Crippen LogP contribution in [0.25, 0.3) is 11.4 Å². The summed E-state index contributed by atoms with van der Waals surface area (Å²) >= 11 is 1.07. The van der Waals surface area contributed by atoms with Gasteiger partial charge >= 0.3 is 6.18 Å². The molecule has 0 spiro atoms. The maximum Gasteiger partial charge on any atom is 0.416 e. The van der Waals surface area contributed by atoms with Gasteiger partial charge in [-0.3, -0.25) is 4.79 Å². The van der Waals surface area contributed by atoms with Crippen LogP contribution >= 0.6 is 11.3 Å². The van der Waals surface area contributed by atoms with Crippen molar-refractivity contribution in [3.05, 3.63) is 75.2 Å². The van der Waals surface area contributed by atoms with E-state index in [0.717, 1.165) is 34.6 Å². The lowest BCUT2D eigenvalue weighted by Crippen LogP contribution is -2.22. The fourth-order valence-corrected chi connectivity index (χ4v) is 3.49. The summed E-state index contributed by atoms with van der Waals surface area (Å²) < 4.78 is 38.7. The zero-order chi connectivity index (χ0) is 22.7. The van der Waals surface area contributed by atoms with E-state index in [1.807, 2.05) is 31.2 Å². The number of nitrogens with one attached hydrogen (secondary N) is 1. The predicted molar refractivity (Wildman–Crippen MR) is 110 cm³/mol. The van der Waals surface area contributed by atoms with Crippen molar-refractivity contribution in [3.63, 3.8) is 0 Å². The van der Waals surface area contributed by atoms with E-state index in [2.05, 4.69) is 30.9 Å². The van der Waals surface area contributed by atoms with E-state index in [9.17, 15) is 18.0 Å². The number of amides is 1. The van der Waals surface area contributed by atoms with Crippen LogP contribution in [0, 0.1) is 6.92 Å². The fourth-order valence-electron chi connectivity index (χ4n) is 2.75. The molecule has 0 radical (unpaired) electrons. The average Bonchev–Trinajstić information content (AvgIpc) is 3.43. The van der Waals surface area contributed by atoms with Gasteiger partial charge in [0.25, 0.3) is 5.91 Å². The number of rotatable bonds is 6. The van der Waals surface area contributed by atoms with E-state index in [-0.39, 0.29) is 28.8 Å². The smallest absolute Gasteiger partial charge is 0.346 e. The van der Waals surface area contributed by atoms with E-state index in [1.54, 1.807) is 0 Å². The van der Waals surface area contributed by atoms with Crippen molar-refractivity contribution in [3.8, 4) is 11.4 Å². The molecule has 2 heterocycles. The number of nitrogens with zero attached hydrogens (tertiary/aromatic N) is 6. The van der Waals surface area contributed by atoms with Crippen LogP contribution in [0.5, 0.6) is 0 Å². The van der Waals surface area contributed by atoms with Crippen molar-refractivity contribution in [1.29, 1.82) is 0 Å². The highest BCUT2D eigenvalue weighted by Gasteiger charge is 2.30. The number of aromatic nitrogens is 6. The first-order chi connectivity index (χ1) is 15.3. The fraction of sp³-hybridized carbons (Fsp3) is 0.200. The Kier molecular flexibility index (Phi) is 5.95. The molecule has 0 aliphatic carbocycles. The standard InChI is InChI=1S/C20H16F3N7OS/c1-12-5-7-13(8-6-12)10-24-18(31)19-27-25-16(32-19)11-30-28-17(26-29-30)14-3-2-4-15(9-14)20(21,22)23/h2-9H,10-11H2,1H3,(H,24,31). The van der Waals surface area contributed by atoms with Gasteiger partial charge in [0.1, 0.15) is 11.6 Å². The van der Waals surface area contributed by atoms with Gasteiger partial charge in [0, 0.05) is 12.1 Å². The van der Waals surface area contributed by atoms with Gasteiger partial charge in [-0.15, -0.1) is 20.4 Å². The Labute approximate surface area is 184 Å². The molecule has 0 unspecified atom stereocenters. The van der Waals surface area contributed by atoms with E-state index >= 15 is 0 Å². The summed E-state index contributed by atoms with van der Waals surface area (Å²) in [6, 6.07) is 12.5. The molecule has 32 heavy (non-hydrogen) atoms. The molecule has 0 fully saturated rings.